The highest BCUT2D eigenvalue weighted by molar-refractivity contribution is 5.56. The molecule has 2 rings (SSSR count). The third-order valence-electron chi connectivity index (χ3n) is 2.77. The standard InChI is InChI=1S/C14H21NO2/c1-11(2)17-14-8-4-3-7-13(14)15-12-6-5-9-16-10-12/h3-4,7-8,11-12,15H,5-6,9-10H2,1-2H3. The van der Waals surface area contributed by atoms with Gasteiger partial charge in [0.1, 0.15) is 5.75 Å². The predicted molar refractivity (Wildman–Crippen MR) is 69.7 cm³/mol. The molecule has 0 amide bonds. The summed E-state index contributed by atoms with van der Waals surface area (Å²) >= 11 is 0. The van der Waals surface area contributed by atoms with Gasteiger partial charge in [0, 0.05) is 12.6 Å². The Hall–Kier alpha value is -1.22. The Morgan fingerprint density at radius 1 is 1.35 bits per heavy atom. The van der Waals surface area contributed by atoms with Crippen LogP contribution in [0.5, 0.6) is 5.75 Å². The van der Waals surface area contributed by atoms with E-state index in [1.165, 1.54) is 0 Å². The Morgan fingerprint density at radius 2 is 2.18 bits per heavy atom. The first-order valence-electron chi connectivity index (χ1n) is 6.35. The third-order valence-corrected chi connectivity index (χ3v) is 2.77. The van der Waals surface area contributed by atoms with Gasteiger partial charge in [-0.15, -0.1) is 0 Å². The molecule has 3 nitrogen and oxygen atoms in total. The SMILES string of the molecule is CC(C)Oc1ccccc1NC1CCCOC1. The van der Waals surface area contributed by atoms with Crippen LogP contribution in [0.15, 0.2) is 24.3 Å². The van der Waals surface area contributed by atoms with E-state index in [-0.39, 0.29) is 6.10 Å². The molecule has 1 saturated heterocycles. The van der Waals surface area contributed by atoms with Crippen molar-refractivity contribution in [1.82, 2.24) is 0 Å². The quantitative estimate of drug-likeness (QED) is 0.870. The smallest absolute Gasteiger partial charge is 0.142 e. The summed E-state index contributed by atoms with van der Waals surface area (Å²) in [5.41, 5.74) is 1.07. The van der Waals surface area contributed by atoms with Crippen LogP contribution in [-0.2, 0) is 4.74 Å². The first-order chi connectivity index (χ1) is 8.25. The normalized spacial score (nSPS) is 20.3. The summed E-state index contributed by atoms with van der Waals surface area (Å²) < 4.78 is 11.3. The molecule has 0 saturated carbocycles. The zero-order valence-corrected chi connectivity index (χ0v) is 10.6. The van der Waals surface area contributed by atoms with E-state index in [1.54, 1.807) is 0 Å². The lowest BCUT2D eigenvalue weighted by atomic mass is 10.1. The molecule has 3 heteroatoms. The molecule has 0 aromatic heterocycles. The monoisotopic (exact) mass is 235 g/mol. The van der Waals surface area contributed by atoms with Crippen LogP contribution in [0.3, 0.4) is 0 Å². The van der Waals surface area contributed by atoms with Crippen molar-refractivity contribution >= 4 is 5.69 Å². The van der Waals surface area contributed by atoms with Gasteiger partial charge in [0.15, 0.2) is 0 Å². The second-order valence-electron chi connectivity index (χ2n) is 4.72. The number of anilines is 1. The van der Waals surface area contributed by atoms with Crippen LogP contribution in [0, 0.1) is 0 Å². The summed E-state index contributed by atoms with van der Waals surface area (Å²) in [6, 6.07) is 8.50. The molecule has 1 fully saturated rings. The van der Waals surface area contributed by atoms with Gasteiger partial charge in [0.2, 0.25) is 0 Å². The summed E-state index contributed by atoms with van der Waals surface area (Å²) in [5, 5.41) is 3.50. The first-order valence-corrected chi connectivity index (χ1v) is 6.35. The van der Waals surface area contributed by atoms with Crippen LogP contribution in [0.1, 0.15) is 26.7 Å². The molecule has 1 atom stereocenters. The minimum absolute atomic E-state index is 0.195. The highest BCUT2D eigenvalue weighted by Crippen LogP contribution is 2.26. The fourth-order valence-corrected chi connectivity index (χ4v) is 2.02. The summed E-state index contributed by atoms with van der Waals surface area (Å²) in [4.78, 5) is 0. The van der Waals surface area contributed by atoms with E-state index in [0.29, 0.717) is 6.04 Å². The molecular formula is C14H21NO2. The van der Waals surface area contributed by atoms with Crippen molar-refractivity contribution in [3.63, 3.8) is 0 Å². The Kier molecular flexibility index (Phi) is 4.26. The Morgan fingerprint density at radius 3 is 2.88 bits per heavy atom. The fourth-order valence-electron chi connectivity index (χ4n) is 2.02. The Bertz CT molecular complexity index is 346. The van der Waals surface area contributed by atoms with Gasteiger partial charge in [0.05, 0.1) is 18.4 Å². The van der Waals surface area contributed by atoms with Crippen molar-refractivity contribution in [3.8, 4) is 5.75 Å². The molecule has 1 aliphatic heterocycles. The molecule has 1 unspecified atom stereocenters. The topological polar surface area (TPSA) is 30.5 Å². The van der Waals surface area contributed by atoms with E-state index >= 15 is 0 Å². The third kappa shape index (κ3) is 3.63. The van der Waals surface area contributed by atoms with Gasteiger partial charge in [-0.2, -0.15) is 0 Å². The van der Waals surface area contributed by atoms with Gasteiger partial charge >= 0.3 is 0 Å². The largest absolute Gasteiger partial charge is 0.489 e. The number of para-hydroxylation sites is 2. The van der Waals surface area contributed by atoms with Crippen LogP contribution >= 0.6 is 0 Å². The summed E-state index contributed by atoms with van der Waals surface area (Å²) in [5.74, 6) is 0.924. The molecular weight excluding hydrogens is 214 g/mol. The minimum Gasteiger partial charge on any atom is -0.489 e. The molecule has 0 radical (unpaired) electrons. The second kappa shape index (κ2) is 5.92. The number of ether oxygens (including phenoxy) is 2. The molecule has 1 aliphatic rings. The van der Waals surface area contributed by atoms with Gasteiger partial charge in [-0.05, 0) is 38.8 Å². The van der Waals surface area contributed by atoms with E-state index in [4.69, 9.17) is 9.47 Å². The highest BCUT2D eigenvalue weighted by atomic mass is 16.5. The second-order valence-corrected chi connectivity index (χ2v) is 4.72. The van der Waals surface area contributed by atoms with E-state index in [9.17, 15) is 0 Å². The zero-order valence-electron chi connectivity index (χ0n) is 10.6. The zero-order chi connectivity index (χ0) is 12.1. The van der Waals surface area contributed by atoms with Crippen LogP contribution < -0.4 is 10.1 Å². The maximum Gasteiger partial charge on any atom is 0.142 e. The Balaban J connectivity index is 2.03. The van der Waals surface area contributed by atoms with Gasteiger partial charge in [-0.3, -0.25) is 0 Å². The van der Waals surface area contributed by atoms with Gasteiger partial charge < -0.3 is 14.8 Å². The van der Waals surface area contributed by atoms with Crippen molar-refractivity contribution in [1.29, 1.82) is 0 Å². The van der Waals surface area contributed by atoms with Crippen molar-refractivity contribution in [3.05, 3.63) is 24.3 Å². The molecule has 1 aromatic rings. The molecule has 0 aliphatic carbocycles. The molecule has 17 heavy (non-hydrogen) atoms. The summed E-state index contributed by atoms with van der Waals surface area (Å²) in [6.07, 6.45) is 2.49. The lowest BCUT2D eigenvalue weighted by Crippen LogP contribution is -2.30. The number of hydrogen-bond acceptors (Lipinski definition) is 3. The van der Waals surface area contributed by atoms with E-state index < -0.39 is 0 Å². The molecule has 1 heterocycles. The van der Waals surface area contributed by atoms with Gasteiger partial charge in [-0.1, -0.05) is 12.1 Å². The van der Waals surface area contributed by atoms with Crippen molar-refractivity contribution in [2.45, 2.75) is 38.8 Å². The molecule has 0 bridgehead atoms. The number of hydrogen-bond donors (Lipinski definition) is 1. The lowest BCUT2D eigenvalue weighted by Gasteiger charge is -2.25. The molecule has 94 valence electrons. The molecule has 0 spiro atoms. The maximum absolute atomic E-state index is 5.78. The van der Waals surface area contributed by atoms with Gasteiger partial charge in [0.25, 0.3) is 0 Å². The first kappa shape index (κ1) is 12.2. The maximum atomic E-state index is 5.78. The van der Waals surface area contributed by atoms with Crippen molar-refractivity contribution < 1.29 is 9.47 Å². The summed E-state index contributed by atoms with van der Waals surface area (Å²) in [7, 11) is 0. The van der Waals surface area contributed by atoms with Crippen LogP contribution in [0.4, 0.5) is 5.69 Å². The van der Waals surface area contributed by atoms with Crippen molar-refractivity contribution in [2.24, 2.45) is 0 Å². The summed E-state index contributed by atoms with van der Waals surface area (Å²) in [6.45, 7) is 5.76. The van der Waals surface area contributed by atoms with Crippen LogP contribution in [0.25, 0.3) is 0 Å². The predicted octanol–water partition coefficient (Wildman–Crippen LogP) is 3.06. The number of rotatable bonds is 4. The lowest BCUT2D eigenvalue weighted by molar-refractivity contribution is 0.0875. The average molecular weight is 235 g/mol. The minimum atomic E-state index is 0.195. The van der Waals surface area contributed by atoms with E-state index in [2.05, 4.69) is 11.4 Å². The highest BCUT2D eigenvalue weighted by Gasteiger charge is 2.15. The van der Waals surface area contributed by atoms with Crippen LogP contribution in [-0.4, -0.2) is 25.4 Å². The fraction of sp³-hybridized carbons (Fsp3) is 0.571. The van der Waals surface area contributed by atoms with Crippen LogP contribution in [0.2, 0.25) is 0 Å². The molecule has 1 N–H and O–H groups in total. The average Bonchev–Trinajstić information content (AvgIpc) is 2.32. The van der Waals surface area contributed by atoms with E-state index in [0.717, 1.165) is 37.5 Å². The Labute approximate surface area is 103 Å². The number of benzene rings is 1. The van der Waals surface area contributed by atoms with Crippen molar-refractivity contribution in [2.75, 3.05) is 18.5 Å². The van der Waals surface area contributed by atoms with Gasteiger partial charge in [-0.25, -0.2) is 0 Å². The van der Waals surface area contributed by atoms with E-state index in [1.807, 2.05) is 32.0 Å². The molecule has 1 aromatic carbocycles. The number of nitrogens with one attached hydrogen (secondary N) is 1.